The SMILES string of the molecule is CC(NS(=O)(=O)c1cn(C2CC2)c(C(=O)Nc2ccc(F)c(C#N)c2)c1Cl)C(F)(F)F. The summed E-state index contributed by atoms with van der Waals surface area (Å²) >= 11 is 6.13. The number of rotatable bonds is 6. The molecule has 0 spiro atoms. The summed E-state index contributed by atoms with van der Waals surface area (Å²) in [6.45, 7) is 0.637. The number of alkyl halides is 3. The molecule has 0 aliphatic heterocycles. The van der Waals surface area contributed by atoms with Gasteiger partial charge in [-0.3, -0.25) is 4.79 Å². The van der Waals surface area contributed by atoms with Gasteiger partial charge in [0.25, 0.3) is 5.91 Å². The van der Waals surface area contributed by atoms with Crippen LogP contribution >= 0.6 is 11.6 Å². The van der Waals surface area contributed by atoms with Gasteiger partial charge >= 0.3 is 6.18 Å². The zero-order chi connectivity index (χ0) is 23.1. The van der Waals surface area contributed by atoms with E-state index in [0.717, 1.165) is 18.3 Å². The van der Waals surface area contributed by atoms with Gasteiger partial charge in [-0.05, 0) is 38.0 Å². The van der Waals surface area contributed by atoms with Crippen molar-refractivity contribution < 1.29 is 30.8 Å². The number of carbonyl (C=O) groups excluding carboxylic acids is 1. The molecule has 13 heteroatoms. The van der Waals surface area contributed by atoms with Gasteiger partial charge < -0.3 is 9.88 Å². The van der Waals surface area contributed by atoms with E-state index in [0.29, 0.717) is 19.8 Å². The van der Waals surface area contributed by atoms with E-state index in [1.165, 1.54) is 15.4 Å². The zero-order valence-corrected chi connectivity index (χ0v) is 17.4. The topological polar surface area (TPSA) is 104 Å². The molecule has 31 heavy (non-hydrogen) atoms. The largest absolute Gasteiger partial charge is 0.404 e. The van der Waals surface area contributed by atoms with Crippen LogP contribution in [0.15, 0.2) is 29.3 Å². The van der Waals surface area contributed by atoms with Crippen molar-refractivity contribution in [3.8, 4) is 6.07 Å². The number of sulfonamides is 1. The molecule has 1 aromatic heterocycles. The van der Waals surface area contributed by atoms with Crippen LogP contribution in [-0.4, -0.2) is 31.1 Å². The molecule has 1 amide bonds. The van der Waals surface area contributed by atoms with Gasteiger partial charge in [0.05, 0.1) is 10.6 Å². The van der Waals surface area contributed by atoms with E-state index < -0.39 is 43.9 Å². The summed E-state index contributed by atoms with van der Waals surface area (Å²) in [4.78, 5) is 12.1. The van der Waals surface area contributed by atoms with E-state index in [-0.39, 0.29) is 23.0 Å². The van der Waals surface area contributed by atoms with Gasteiger partial charge in [0.1, 0.15) is 28.5 Å². The third kappa shape index (κ3) is 4.84. The predicted molar refractivity (Wildman–Crippen MR) is 103 cm³/mol. The molecule has 2 aromatic rings. The summed E-state index contributed by atoms with van der Waals surface area (Å²) in [6, 6.07) is 2.23. The number of hydrogen-bond acceptors (Lipinski definition) is 4. The number of nitrogens with one attached hydrogen (secondary N) is 2. The van der Waals surface area contributed by atoms with Crippen LogP contribution in [0.4, 0.5) is 23.2 Å². The Bertz CT molecular complexity index is 1180. The van der Waals surface area contributed by atoms with Crippen molar-refractivity contribution in [3.63, 3.8) is 0 Å². The molecule has 1 aliphatic carbocycles. The van der Waals surface area contributed by atoms with Crippen molar-refractivity contribution in [2.75, 3.05) is 5.32 Å². The fourth-order valence-electron chi connectivity index (χ4n) is 2.76. The fourth-order valence-corrected chi connectivity index (χ4v) is 4.61. The Labute approximate surface area is 179 Å². The first-order chi connectivity index (χ1) is 14.3. The number of anilines is 1. The molecule has 0 radical (unpaired) electrons. The van der Waals surface area contributed by atoms with Crippen molar-refractivity contribution in [1.29, 1.82) is 5.26 Å². The van der Waals surface area contributed by atoms with Gasteiger partial charge in [-0.15, -0.1) is 0 Å². The second kappa shape index (κ2) is 8.14. The van der Waals surface area contributed by atoms with E-state index in [9.17, 15) is 30.8 Å². The molecule has 1 fully saturated rings. The Hall–Kier alpha value is -2.62. The van der Waals surface area contributed by atoms with Crippen LogP contribution in [0.25, 0.3) is 0 Å². The van der Waals surface area contributed by atoms with Crippen molar-refractivity contribution in [3.05, 3.63) is 46.5 Å². The van der Waals surface area contributed by atoms with E-state index in [1.54, 1.807) is 6.07 Å². The van der Waals surface area contributed by atoms with Crippen LogP contribution in [0.2, 0.25) is 5.02 Å². The monoisotopic (exact) mass is 478 g/mol. The van der Waals surface area contributed by atoms with Crippen LogP contribution in [0, 0.1) is 17.1 Å². The van der Waals surface area contributed by atoms with E-state index in [2.05, 4.69) is 5.32 Å². The van der Waals surface area contributed by atoms with Crippen molar-refractivity contribution in [1.82, 2.24) is 9.29 Å². The number of halogens is 5. The lowest BCUT2D eigenvalue weighted by Gasteiger charge is -2.16. The molecular formula is C18H15ClF4N4O3S. The summed E-state index contributed by atoms with van der Waals surface area (Å²) in [5.41, 5.74) is -0.544. The van der Waals surface area contributed by atoms with Crippen LogP contribution in [0.3, 0.4) is 0 Å². The number of nitrogens with zero attached hydrogens (tertiary/aromatic N) is 2. The number of carbonyl (C=O) groups is 1. The smallest absolute Gasteiger partial charge is 0.338 e. The van der Waals surface area contributed by atoms with E-state index >= 15 is 0 Å². The minimum Gasteiger partial charge on any atom is -0.338 e. The molecule has 0 bridgehead atoms. The lowest BCUT2D eigenvalue weighted by Crippen LogP contribution is -2.42. The Morgan fingerprint density at radius 2 is 2.00 bits per heavy atom. The highest BCUT2D eigenvalue weighted by atomic mass is 35.5. The summed E-state index contributed by atoms with van der Waals surface area (Å²) < 4.78 is 79.7. The fraction of sp³-hybridized carbons (Fsp3) is 0.333. The second-order valence-electron chi connectivity index (χ2n) is 6.94. The molecule has 1 unspecified atom stereocenters. The highest BCUT2D eigenvalue weighted by Gasteiger charge is 2.41. The normalized spacial score (nSPS) is 15.4. The van der Waals surface area contributed by atoms with Crippen molar-refractivity contribution in [2.24, 2.45) is 0 Å². The van der Waals surface area contributed by atoms with Crippen LogP contribution in [-0.2, 0) is 10.0 Å². The van der Waals surface area contributed by atoms with Crippen LogP contribution < -0.4 is 10.0 Å². The van der Waals surface area contributed by atoms with Gasteiger partial charge in [-0.2, -0.15) is 23.2 Å². The highest BCUT2D eigenvalue weighted by molar-refractivity contribution is 7.89. The lowest BCUT2D eigenvalue weighted by atomic mass is 10.2. The average Bonchev–Trinajstić information content (AvgIpc) is 3.44. The van der Waals surface area contributed by atoms with Gasteiger partial charge in [-0.1, -0.05) is 11.6 Å². The van der Waals surface area contributed by atoms with Gasteiger partial charge in [0.15, 0.2) is 0 Å². The standard InChI is InChI=1S/C18H15ClF4N4O3S/c1-9(18(21,22)23)26-31(29,30)14-8-27(12-3-4-12)16(15(14)19)17(28)25-11-2-5-13(20)10(6-11)7-24/h2,5-6,8-9,12,26H,3-4H2,1H3,(H,25,28). The number of hydrogen-bond donors (Lipinski definition) is 2. The van der Waals surface area contributed by atoms with Crippen LogP contribution in [0.1, 0.15) is 41.9 Å². The summed E-state index contributed by atoms with van der Waals surface area (Å²) in [5, 5.41) is 10.8. The van der Waals surface area contributed by atoms with Crippen molar-refractivity contribution in [2.45, 2.75) is 42.9 Å². The Balaban J connectivity index is 1.97. The number of aromatic nitrogens is 1. The first-order valence-corrected chi connectivity index (χ1v) is 10.7. The molecule has 166 valence electrons. The van der Waals surface area contributed by atoms with Gasteiger partial charge in [0.2, 0.25) is 10.0 Å². The maximum Gasteiger partial charge on any atom is 0.404 e. The van der Waals surface area contributed by atoms with E-state index in [4.69, 9.17) is 16.9 Å². The van der Waals surface area contributed by atoms with Gasteiger partial charge in [-0.25, -0.2) is 12.8 Å². The molecule has 1 heterocycles. The zero-order valence-electron chi connectivity index (χ0n) is 15.8. The maximum atomic E-state index is 13.5. The quantitative estimate of drug-likeness (QED) is 0.613. The van der Waals surface area contributed by atoms with Crippen molar-refractivity contribution >= 4 is 33.2 Å². The second-order valence-corrected chi connectivity index (χ2v) is 9.00. The molecular weight excluding hydrogens is 464 g/mol. The minimum atomic E-state index is -4.82. The first kappa shape index (κ1) is 23.1. The Morgan fingerprint density at radius 1 is 1.35 bits per heavy atom. The minimum absolute atomic E-state index is 0.0517. The maximum absolute atomic E-state index is 13.5. The summed E-state index contributed by atoms with van der Waals surface area (Å²) in [5.74, 6) is -1.66. The number of amides is 1. The Morgan fingerprint density at radius 3 is 2.55 bits per heavy atom. The first-order valence-electron chi connectivity index (χ1n) is 8.85. The molecule has 2 N–H and O–H groups in total. The predicted octanol–water partition coefficient (Wildman–Crippen LogP) is 3.97. The molecule has 1 aliphatic rings. The molecule has 1 saturated carbocycles. The summed E-state index contributed by atoms with van der Waals surface area (Å²) in [7, 11) is -4.70. The van der Waals surface area contributed by atoms with Crippen LogP contribution in [0.5, 0.6) is 0 Å². The molecule has 3 rings (SSSR count). The molecule has 1 atom stereocenters. The summed E-state index contributed by atoms with van der Waals surface area (Å²) in [6.07, 6.45) is -2.57. The highest BCUT2D eigenvalue weighted by Crippen LogP contribution is 2.41. The molecule has 7 nitrogen and oxygen atoms in total. The molecule has 0 saturated heterocycles. The third-order valence-corrected chi connectivity index (χ3v) is 6.60. The Kier molecular flexibility index (Phi) is 6.05. The lowest BCUT2D eigenvalue weighted by molar-refractivity contribution is -0.147. The van der Waals surface area contributed by atoms with E-state index in [1.807, 2.05) is 0 Å². The third-order valence-electron chi connectivity index (χ3n) is 4.55. The number of benzene rings is 1. The number of nitriles is 1. The van der Waals surface area contributed by atoms with Gasteiger partial charge in [0, 0.05) is 17.9 Å². The average molecular weight is 479 g/mol. The molecule has 1 aromatic carbocycles.